The average molecular weight is 333 g/mol. The van der Waals surface area contributed by atoms with Gasteiger partial charge in [0.2, 0.25) is 0 Å². The number of hydrogen-bond donors (Lipinski definition) is 1. The number of aryl methyl sites for hydroxylation is 1. The third kappa shape index (κ3) is 2.79. The summed E-state index contributed by atoms with van der Waals surface area (Å²) in [5.74, 6) is 1.23. The third-order valence-corrected chi connectivity index (χ3v) is 6.16. The van der Waals surface area contributed by atoms with Gasteiger partial charge in [0.15, 0.2) is 0 Å². The van der Waals surface area contributed by atoms with Gasteiger partial charge in [-0.3, -0.25) is 0 Å². The summed E-state index contributed by atoms with van der Waals surface area (Å²) >= 11 is 0. The molecule has 3 aliphatic rings. The molecule has 1 atom stereocenters. The van der Waals surface area contributed by atoms with Crippen LogP contribution in [0.1, 0.15) is 50.3 Å². The van der Waals surface area contributed by atoms with Crippen LogP contribution in [0.2, 0.25) is 0 Å². The van der Waals surface area contributed by atoms with Crippen molar-refractivity contribution in [1.29, 1.82) is 0 Å². The maximum atomic E-state index is 12.8. The zero-order valence-electron chi connectivity index (χ0n) is 14.4. The van der Waals surface area contributed by atoms with Crippen LogP contribution in [0.5, 0.6) is 0 Å². The number of rotatable bonds is 2. The Morgan fingerprint density at radius 3 is 2.75 bits per heavy atom. The van der Waals surface area contributed by atoms with Crippen molar-refractivity contribution in [3.63, 3.8) is 0 Å². The molecule has 7 heteroatoms. The molecule has 0 aromatic carbocycles. The number of ether oxygens (including phenoxy) is 1. The molecule has 0 radical (unpaired) electrons. The van der Waals surface area contributed by atoms with Gasteiger partial charge >= 0.3 is 6.03 Å². The first-order valence-corrected chi connectivity index (χ1v) is 9.15. The monoisotopic (exact) mass is 333 g/mol. The molecule has 24 heavy (non-hydrogen) atoms. The van der Waals surface area contributed by atoms with Crippen LogP contribution in [-0.4, -0.2) is 58.0 Å². The predicted molar refractivity (Wildman–Crippen MR) is 88.6 cm³/mol. The van der Waals surface area contributed by atoms with Gasteiger partial charge in [0.1, 0.15) is 12.2 Å². The lowest BCUT2D eigenvalue weighted by atomic mass is 9.72. The minimum absolute atomic E-state index is 0.0755. The molecule has 1 aliphatic carbocycles. The second-order valence-corrected chi connectivity index (χ2v) is 7.64. The molecule has 132 valence electrons. The molecule has 1 N–H and O–H groups in total. The molecule has 0 bridgehead atoms. The van der Waals surface area contributed by atoms with Gasteiger partial charge in [0.25, 0.3) is 0 Å². The van der Waals surface area contributed by atoms with E-state index in [1.807, 2.05) is 16.5 Å². The summed E-state index contributed by atoms with van der Waals surface area (Å²) in [6.07, 6.45) is 8.41. The molecule has 4 rings (SSSR count). The number of nitrogens with one attached hydrogen (secondary N) is 1. The summed E-state index contributed by atoms with van der Waals surface area (Å²) in [6.45, 7) is 3.07. The van der Waals surface area contributed by atoms with Crippen LogP contribution >= 0.6 is 0 Å². The van der Waals surface area contributed by atoms with Crippen LogP contribution in [-0.2, 0) is 11.8 Å². The Labute approximate surface area is 142 Å². The van der Waals surface area contributed by atoms with E-state index in [4.69, 9.17) is 4.74 Å². The normalized spacial score (nSPS) is 27.0. The molecular formula is C17H27N5O2. The zero-order chi connectivity index (χ0) is 16.6. The Hall–Kier alpha value is -1.63. The van der Waals surface area contributed by atoms with Gasteiger partial charge < -0.3 is 19.5 Å². The maximum absolute atomic E-state index is 12.8. The molecular weight excluding hydrogens is 306 g/mol. The number of likely N-dealkylation sites (tertiary alicyclic amines) is 1. The summed E-state index contributed by atoms with van der Waals surface area (Å²) in [7, 11) is 1.99. The Kier molecular flexibility index (Phi) is 4.20. The Bertz CT molecular complexity index is 590. The van der Waals surface area contributed by atoms with Crippen molar-refractivity contribution < 1.29 is 9.53 Å². The van der Waals surface area contributed by atoms with Crippen molar-refractivity contribution >= 4 is 6.03 Å². The van der Waals surface area contributed by atoms with Crippen molar-refractivity contribution in [2.45, 2.75) is 50.5 Å². The number of amides is 2. The van der Waals surface area contributed by atoms with E-state index in [9.17, 15) is 4.79 Å². The van der Waals surface area contributed by atoms with Gasteiger partial charge in [-0.05, 0) is 25.7 Å². The first-order valence-electron chi connectivity index (χ1n) is 9.15. The fraction of sp³-hybridized carbons (Fsp3) is 0.824. The van der Waals surface area contributed by atoms with E-state index >= 15 is 0 Å². The van der Waals surface area contributed by atoms with E-state index in [0.29, 0.717) is 6.04 Å². The van der Waals surface area contributed by atoms with Crippen molar-refractivity contribution in [1.82, 2.24) is 25.0 Å². The second-order valence-electron chi connectivity index (χ2n) is 7.64. The molecule has 1 aromatic heterocycles. The highest BCUT2D eigenvalue weighted by Crippen LogP contribution is 2.48. The molecule has 1 unspecified atom stereocenters. The summed E-state index contributed by atoms with van der Waals surface area (Å²) in [6, 6.07) is 0.453. The molecule has 2 aliphatic heterocycles. The van der Waals surface area contributed by atoms with Crippen molar-refractivity contribution in [3.8, 4) is 0 Å². The van der Waals surface area contributed by atoms with Gasteiger partial charge in [-0.15, -0.1) is 10.2 Å². The average Bonchev–Trinajstić information content (AvgIpc) is 3.30. The van der Waals surface area contributed by atoms with Gasteiger partial charge in [-0.1, -0.05) is 12.8 Å². The number of hydrogen-bond acceptors (Lipinski definition) is 4. The summed E-state index contributed by atoms with van der Waals surface area (Å²) < 4.78 is 7.59. The van der Waals surface area contributed by atoms with E-state index in [1.165, 1.54) is 12.8 Å². The zero-order valence-corrected chi connectivity index (χ0v) is 14.4. The van der Waals surface area contributed by atoms with E-state index < -0.39 is 0 Å². The Balaban J connectivity index is 1.53. The molecule has 2 saturated heterocycles. The van der Waals surface area contributed by atoms with Crippen molar-refractivity contribution in [2.24, 2.45) is 12.5 Å². The number of nitrogens with zero attached hydrogens (tertiary/aromatic N) is 4. The minimum atomic E-state index is 0.0755. The third-order valence-electron chi connectivity index (χ3n) is 6.16. The summed E-state index contributed by atoms with van der Waals surface area (Å²) in [4.78, 5) is 14.8. The van der Waals surface area contributed by atoms with Crippen LogP contribution in [0.4, 0.5) is 4.79 Å². The van der Waals surface area contributed by atoms with E-state index in [2.05, 4.69) is 15.5 Å². The van der Waals surface area contributed by atoms with E-state index in [-0.39, 0.29) is 17.4 Å². The fourth-order valence-electron chi connectivity index (χ4n) is 4.71. The quantitative estimate of drug-likeness (QED) is 0.893. The van der Waals surface area contributed by atoms with Crippen molar-refractivity contribution in [3.05, 3.63) is 12.2 Å². The van der Waals surface area contributed by atoms with Crippen LogP contribution in [0.3, 0.4) is 0 Å². The SMILES string of the molecule is Cn1cnnc1C1CN(C(=O)NC2CCCC2)CC12CCOCC2. The van der Waals surface area contributed by atoms with Crippen LogP contribution in [0.25, 0.3) is 0 Å². The smallest absolute Gasteiger partial charge is 0.317 e. The maximum Gasteiger partial charge on any atom is 0.317 e. The van der Waals surface area contributed by atoms with Crippen molar-refractivity contribution in [2.75, 3.05) is 26.3 Å². The standard InChI is InChI=1S/C17H27N5O2/c1-21-12-18-20-15(21)14-10-22(11-17(14)6-8-24-9-7-17)16(23)19-13-4-2-3-5-13/h12-14H,2-11H2,1H3,(H,19,23). The topological polar surface area (TPSA) is 72.3 Å². The molecule has 1 spiro atoms. The molecule has 7 nitrogen and oxygen atoms in total. The minimum Gasteiger partial charge on any atom is -0.381 e. The van der Waals surface area contributed by atoms with Crippen LogP contribution in [0, 0.1) is 5.41 Å². The first-order chi connectivity index (χ1) is 11.7. The highest BCUT2D eigenvalue weighted by atomic mass is 16.5. The Morgan fingerprint density at radius 2 is 2.08 bits per heavy atom. The largest absolute Gasteiger partial charge is 0.381 e. The second kappa shape index (κ2) is 6.35. The van der Waals surface area contributed by atoms with E-state index in [0.717, 1.165) is 57.8 Å². The lowest BCUT2D eigenvalue weighted by Gasteiger charge is -2.37. The van der Waals surface area contributed by atoms with Gasteiger partial charge in [-0.2, -0.15) is 0 Å². The molecule has 3 heterocycles. The summed E-state index contributed by atoms with van der Waals surface area (Å²) in [5, 5.41) is 11.7. The molecule has 2 amide bonds. The number of urea groups is 1. The van der Waals surface area contributed by atoms with E-state index in [1.54, 1.807) is 6.33 Å². The molecule has 1 saturated carbocycles. The number of carbonyl (C=O) groups is 1. The van der Waals surface area contributed by atoms with Gasteiger partial charge in [0, 0.05) is 50.7 Å². The Morgan fingerprint density at radius 1 is 1.33 bits per heavy atom. The lowest BCUT2D eigenvalue weighted by molar-refractivity contribution is 0.0120. The van der Waals surface area contributed by atoms with Gasteiger partial charge in [0.05, 0.1) is 0 Å². The fourth-order valence-corrected chi connectivity index (χ4v) is 4.71. The summed E-state index contributed by atoms with van der Waals surface area (Å²) in [5.41, 5.74) is 0.0755. The highest BCUT2D eigenvalue weighted by Gasteiger charge is 2.51. The van der Waals surface area contributed by atoms with Crippen LogP contribution < -0.4 is 5.32 Å². The first kappa shape index (κ1) is 15.9. The van der Waals surface area contributed by atoms with Crippen LogP contribution in [0.15, 0.2) is 6.33 Å². The molecule has 3 fully saturated rings. The lowest BCUT2D eigenvalue weighted by Crippen LogP contribution is -2.44. The van der Waals surface area contributed by atoms with Gasteiger partial charge in [-0.25, -0.2) is 4.79 Å². The number of carbonyl (C=O) groups excluding carboxylic acids is 1. The highest BCUT2D eigenvalue weighted by molar-refractivity contribution is 5.75. The predicted octanol–water partition coefficient (Wildman–Crippen LogP) is 1.66. The molecule has 1 aromatic rings. The number of aromatic nitrogens is 3.